The summed E-state index contributed by atoms with van der Waals surface area (Å²) in [6, 6.07) is 10.6. The summed E-state index contributed by atoms with van der Waals surface area (Å²) in [6.45, 7) is 0. The van der Waals surface area contributed by atoms with E-state index < -0.39 is 6.10 Å². The highest BCUT2D eigenvalue weighted by molar-refractivity contribution is 6.30. The predicted molar refractivity (Wildman–Crippen MR) is 81.5 cm³/mol. The number of rotatable bonds is 4. The number of nitrogens with zero attached hydrogens (tertiary/aromatic N) is 1. The number of aromatic nitrogens is 1. The van der Waals surface area contributed by atoms with Crippen molar-refractivity contribution < 1.29 is 9.53 Å². The molecule has 0 aliphatic carbocycles. The molecule has 1 amide bonds. The molecule has 0 saturated carbocycles. The lowest BCUT2D eigenvalue weighted by molar-refractivity contribution is -0.126. The van der Waals surface area contributed by atoms with E-state index >= 15 is 0 Å². The summed E-state index contributed by atoms with van der Waals surface area (Å²) in [7, 11) is 3.03. The maximum Gasteiger partial charge on any atom is 0.269 e. The molecule has 2 aromatic rings. The molecule has 0 radical (unpaired) electrons. The summed E-state index contributed by atoms with van der Waals surface area (Å²) in [6.07, 6.45) is 0.770. The van der Waals surface area contributed by atoms with Gasteiger partial charge in [-0.1, -0.05) is 41.9 Å². The van der Waals surface area contributed by atoms with Gasteiger partial charge in [0.15, 0.2) is 6.10 Å². The summed E-state index contributed by atoms with van der Waals surface area (Å²) in [5.74, 6) is -0.335. The molecule has 110 valence electrons. The van der Waals surface area contributed by atoms with Crippen LogP contribution in [0.4, 0.5) is 5.69 Å². The Kier molecular flexibility index (Phi) is 4.77. The second-order valence-electron chi connectivity index (χ2n) is 4.51. The lowest BCUT2D eigenvalue weighted by atomic mass is 10.1. The van der Waals surface area contributed by atoms with Gasteiger partial charge in [0.05, 0.1) is 5.69 Å². The number of carbonyl (C=O) groups is 1. The molecule has 0 bridgehead atoms. The highest BCUT2D eigenvalue weighted by atomic mass is 35.5. The van der Waals surface area contributed by atoms with Crippen LogP contribution in [0.5, 0.6) is 0 Å². The Morgan fingerprint density at radius 1 is 1.33 bits per heavy atom. The van der Waals surface area contributed by atoms with Crippen LogP contribution in [0.3, 0.4) is 0 Å². The van der Waals surface area contributed by atoms with E-state index in [2.05, 4.69) is 5.32 Å². The first-order valence-electron chi connectivity index (χ1n) is 6.27. The number of pyridine rings is 1. The molecule has 21 heavy (non-hydrogen) atoms. The molecule has 0 unspecified atom stereocenters. The number of amides is 1. The molecule has 2 rings (SSSR count). The lowest BCUT2D eigenvalue weighted by Gasteiger charge is -2.16. The molecule has 6 heteroatoms. The van der Waals surface area contributed by atoms with E-state index in [0.717, 1.165) is 5.56 Å². The standard InChI is InChI=1S/C15H15ClN2O3/c1-18-9-11(8-12(16)15(18)20)17-14(19)13(21-2)10-6-4-3-5-7-10/h3-9,13H,1-2H3,(H,17,19)/t13-/m1/s1. The highest BCUT2D eigenvalue weighted by Crippen LogP contribution is 2.19. The zero-order valence-corrected chi connectivity index (χ0v) is 12.4. The van der Waals surface area contributed by atoms with E-state index in [1.807, 2.05) is 30.3 Å². The van der Waals surface area contributed by atoms with E-state index in [4.69, 9.17) is 16.3 Å². The van der Waals surface area contributed by atoms with Gasteiger partial charge >= 0.3 is 0 Å². The van der Waals surface area contributed by atoms with Crippen LogP contribution >= 0.6 is 11.6 Å². The molecular formula is C15H15ClN2O3. The van der Waals surface area contributed by atoms with E-state index in [0.29, 0.717) is 5.69 Å². The van der Waals surface area contributed by atoms with Crippen LogP contribution in [-0.2, 0) is 16.6 Å². The van der Waals surface area contributed by atoms with E-state index in [1.165, 1.54) is 23.9 Å². The Morgan fingerprint density at radius 3 is 2.57 bits per heavy atom. The number of anilines is 1. The third-order valence-corrected chi connectivity index (χ3v) is 3.25. The van der Waals surface area contributed by atoms with Crippen molar-refractivity contribution in [2.24, 2.45) is 7.05 Å². The Hall–Kier alpha value is -2.11. The van der Waals surface area contributed by atoms with Crippen molar-refractivity contribution in [2.75, 3.05) is 12.4 Å². The summed E-state index contributed by atoms with van der Waals surface area (Å²) in [4.78, 5) is 23.8. The molecule has 0 aliphatic rings. The normalized spacial score (nSPS) is 12.0. The topological polar surface area (TPSA) is 60.3 Å². The number of benzene rings is 1. The average Bonchev–Trinajstić information content (AvgIpc) is 2.46. The van der Waals surface area contributed by atoms with Crippen LogP contribution in [-0.4, -0.2) is 17.6 Å². The molecular weight excluding hydrogens is 292 g/mol. The summed E-state index contributed by atoms with van der Waals surface area (Å²) in [5, 5.41) is 2.74. The third-order valence-electron chi connectivity index (χ3n) is 2.98. The number of aryl methyl sites for hydroxylation is 1. The van der Waals surface area contributed by atoms with Crippen molar-refractivity contribution in [3.63, 3.8) is 0 Å². The zero-order chi connectivity index (χ0) is 15.4. The van der Waals surface area contributed by atoms with Gasteiger partial charge in [-0.15, -0.1) is 0 Å². The number of methoxy groups -OCH3 is 1. The minimum Gasteiger partial charge on any atom is -0.367 e. The monoisotopic (exact) mass is 306 g/mol. The Balaban J connectivity index is 2.23. The minimum absolute atomic E-state index is 0.0453. The second-order valence-corrected chi connectivity index (χ2v) is 4.92. The van der Waals surface area contributed by atoms with Gasteiger partial charge in [-0.3, -0.25) is 9.59 Å². The fourth-order valence-corrected chi connectivity index (χ4v) is 2.22. The maximum absolute atomic E-state index is 12.3. The van der Waals surface area contributed by atoms with Gasteiger partial charge in [0.2, 0.25) is 0 Å². The molecule has 0 aliphatic heterocycles. The largest absolute Gasteiger partial charge is 0.367 e. The maximum atomic E-state index is 12.3. The molecule has 1 atom stereocenters. The Labute approximate surface area is 127 Å². The van der Waals surface area contributed by atoms with E-state index in [9.17, 15) is 9.59 Å². The predicted octanol–water partition coefficient (Wildman–Crippen LogP) is 2.36. The Morgan fingerprint density at radius 2 is 2.00 bits per heavy atom. The minimum atomic E-state index is -0.734. The zero-order valence-electron chi connectivity index (χ0n) is 11.7. The van der Waals surface area contributed by atoms with Gasteiger partial charge in [0.1, 0.15) is 5.02 Å². The second kappa shape index (κ2) is 6.56. The third kappa shape index (κ3) is 3.51. The van der Waals surface area contributed by atoms with Gasteiger partial charge in [0, 0.05) is 20.4 Å². The first-order valence-corrected chi connectivity index (χ1v) is 6.65. The number of hydrogen-bond donors (Lipinski definition) is 1. The number of hydrogen-bond acceptors (Lipinski definition) is 3. The van der Waals surface area contributed by atoms with Crippen LogP contribution < -0.4 is 10.9 Å². The number of nitrogens with one attached hydrogen (secondary N) is 1. The quantitative estimate of drug-likeness (QED) is 0.943. The summed E-state index contributed by atoms with van der Waals surface area (Å²) in [5.41, 5.74) is 0.861. The number of ether oxygens (including phenoxy) is 1. The fourth-order valence-electron chi connectivity index (χ4n) is 1.97. The molecule has 0 fully saturated rings. The van der Waals surface area contributed by atoms with Crippen molar-refractivity contribution in [3.8, 4) is 0 Å². The highest BCUT2D eigenvalue weighted by Gasteiger charge is 2.20. The van der Waals surface area contributed by atoms with Crippen LogP contribution in [0.25, 0.3) is 0 Å². The van der Waals surface area contributed by atoms with E-state index in [-0.39, 0.29) is 16.5 Å². The van der Waals surface area contributed by atoms with Crippen LogP contribution in [0.15, 0.2) is 47.4 Å². The van der Waals surface area contributed by atoms with Gasteiger partial charge in [-0.05, 0) is 11.6 Å². The molecule has 1 N–H and O–H groups in total. The van der Waals surface area contributed by atoms with Gasteiger partial charge < -0.3 is 14.6 Å². The van der Waals surface area contributed by atoms with Crippen molar-refractivity contribution in [3.05, 3.63) is 63.5 Å². The van der Waals surface area contributed by atoms with Crippen molar-refractivity contribution >= 4 is 23.2 Å². The number of carbonyl (C=O) groups excluding carboxylic acids is 1. The van der Waals surface area contributed by atoms with Gasteiger partial charge in [-0.2, -0.15) is 0 Å². The van der Waals surface area contributed by atoms with Crippen molar-refractivity contribution in [1.29, 1.82) is 0 Å². The van der Waals surface area contributed by atoms with Crippen molar-refractivity contribution in [1.82, 2.24) is 4.57 Å². The molecule has 1 aromatic carbocycles. The molecule has 5 nitrogen and oxygen atoms in total. The smallest absolute Gasteiger partial charge is 0.269 e. The Bertz CT molecular complexity index is 672. The van der Waals surface area contributed by atoms with E-state index in [1.54, 1.807) is 7.05 Å². The molecule has 1 heterocycles. The van der Waals surface area contributed by atoms with Gasteiger partial charge in [-0.25, -0.2) is 0 Å². The molecule has 0 saturated heterocycles. The van der Waals surface area contributed by atoms with Crippen molar-refractivity contribution in [2.45, 2.75) is 6.10 Å². The first kappa shape index (κ1) is 15.3. The SMILES string of the molecule is CO[C@@H](C(=O)Nc1cc(Cl)c(=O)n(C)c1)c1ccccc1. The summed E-state index contributed by atoms with van der Waals surface area (Å²) < 4.78 is 6.55. The molecule has 1 aromatic heterocycles. The summed E-state index contributed by atoms with van der Waals surface area (Å²) >= 11 is 5.82. The first-order chi connectivity index (χ1) is 10.0. The van der Waals surface area contributed by atoms with Crippen LogP contribution in [0.1, 0.15) is 11.7 Å². The average molecular weight is 307 g/mol. The van der Waals surface area contributed by atoms with Crippen LogP contribution in [0, 0.1) is 0 Å². The number of halogens is 1. The fraction of sp³-hybridized carbons (Fsp3) is 0.200. The molecule has 0 spiro atoms. The van der Waals surface area contributed by atoms with Gasteiger partial charge in [0.25, 0.3) is 11.5 Å². The lowest BCUT2D eigenvalue weighted by Crippen LogP contribution is -2.24. The van der Waals surface area contributed by atoms with Crippen LogP contribution in [0.2, 0.25) is 5.02 Å².